The summed E-state index contributed by atoms with van der Waals surface area (Å²) in [5.74, 6) is -0.00586. The molecule has 19 heavy (non-hydrogen) atoms. The zero-order valence-electron chi connectivity index (χ0n) is 10.2. The van der Waals surface area contributed by atoms with Crippen molar-refractivity contribution < 1.29 is 13.3 Å². The first-order valence-electron chi connectivity index (χ1n) is 5.51. The molecular weight excluding hydrogens is 294 g/mol. The SMILES string of the molecule is CCS(=O)(=O)NCCNc1ccc(Cl)cc1[N+](=O)[O-]. The van der Waals surface area contributed by atoms with Crippen molar-refractivity contribution in [2.75, 3.05) is 24.2 Å². The normalized spacial score (nSPS) is 11.3. The lowest BCUT2D eigenvalue weighted by Crippen LogP contribution is -2.30. The molecule has 0 aromatic heterocycles. The number of nitro benzene ring substituents is 1. The Bertz CT molecular complexity index is 562. The average molecular weight is 308 g/mol. The molecule has 0 unspecified atom stereocenters. The fourth-order valence-corrected chi connectivity index (χ4v) is 2.09. The summed E-state index contributed by atoms with van der Waals surface area (Å²) < 4.78 is 24.7. The summed E-state index contributed by atoms with van der Waals surface area (Å²) in [6.07, 6.45) is 0. The Labute approximate surface area is 116 Å². The first-order chi connectivity index (χ1) is 8.85. The molecule has 0 spiro atoms. The predicted octanol–water partition coefficient (Wildman–Crippen LogP) is 1.60. The largest absolute Gasteiger partial charge is 0.378 e. The summed E-state index contributed by atoms with van der Waals surface area (Å²) >= 11 is 5.68. The number of hydrogen-bond acceptors (Lipinski definition) is 5. The van der Waals surface area contributed by atoms with Crippen molar-refractivity contribution in [3.05, 3.63) is 33.3 Å². The molecule has 2 N–H and O–H groups in total. The molecule has 0 amide bonds. The van der Waals surface area contributed by atoms with Crippen LogP contribution >= 0.6 is 11.6 Å². The van der Waals surface area contributed by atoms with E-state index in [0.29, 0.717) is 5.69 Å². The molecule has 1 rings (SSSR count). The molecule has 0 heterocycles. The lowest BCUT2D eigenvalue weighted by atomic mass is 10.2. The second-order valence-corrected chi connectivity index (χ2v) is 6.18. The van der Waals surface area contributed by atoms with Crippen LogP contribution in [-0.4, -0.2) is 32.2 Å². The molecule has 1 aromatic rings. The fourth-order valence-electron chi connectivity index (χ4n) is 1.31. The van der Waals surface area contributed by atoms with Crippen LogP contribution in [0.5, 0.6) is 0 Å². The number of nitrogens with one attached hydrogen (secondary N) is 2. The number of rotatable bonds is 7. The number of halogens is 1. The van der Waals surface area contributed by atoms with Crippen LogP contribution in [0.2, 0.25) is 5.02 Å². The van der Waals surface area contributed by atoms with Crippen LogP contribution in [0.15, 0.2) is 18.2 Å². The maximum Gasteiger partial charge on any atom is 0.293 e. The Balaban J connectivity index is 2.61. The summed E-state index contributed by atoms with van der Waals surface area (Å²) in [5, 5.41) is 13.9. The molecule has 0 radical (unpaired) electrons. The van der Waals surface area contributed by atoms with Gasteiger partial charge in [-0.3, -0.25) is 10.1 Å². The second-order valence-electron chi connectivity index (χ2n) is 3.64. The van der Waals surface area contributed by atoms with E-state index in [2.05, 4.69) is 10.0 Å². The van der Waals surface area contributed by atoms with Gasteiger partial charge in [0.2, 0.25) is 10.0 Å². The summed E-state index contributed by atoms with van der Waals surface area (Å²) in [5.41, 5.74) is 0.149. The quantitative estimate of drug-likeness (QED) is 0.452. The van der Waals surface area contributed by atoms with Gasteiger partial charge in [0.15, 0.2) is 0 Å². The van der Waals surface area contributed by atoms with Crippen molar-refractivity contribution in [1.82, 2.24) is 4.72 Å². The van der Waals surface area contributed by atoms with E-state index in [1.165, 1.54) is 25.1 Å². The van der Waals surface area contributed by atoms with Gasteiger partial charge in [-0.2, -0.15) is 0 Å². The van der Waals surface area contributed by atoms with Gasteiger partial charge in [0.05, 0.1) is 10.7 Å². The van der Waals surface area contributed by atoms with E-state index in [0.717, 1.165) is 0 Å². The van der Waals surface area contributed by atoms with Crippen molar-refractivity contribution in [1.29, 1.82) is 0 Å². The monoisotopic (exact) mass is 307 g/mol. The van der Waals surface area contributed by atoms with E-state index in [1.807, 2.05) is 0 Å². The molecule has 0 saturated carbocycles. The Kier molecular flexibility index (Phi) is 5.52. The standard InChI is InChI=1S/C10H14ClN3O4S/c1-2-19(17,18)13-6-5-12-9-4-3-8(11)7-10(9)14(15)16/h3-4,7,12-13H,2,5-6H2,1H3. The maximum absolute atomic E-state index is 11.2. The van der Waals surface area contributed by atoms with Gasteiger partial charge in [-0.1, -0.05) is 11.6 Å². The minimum Gasteiger partial charge on any atom is -0.378 e. The molecule has 0 aliphatic rings. The van der Waals surface area contributed by atoms with Crippen molar-refractivity contribution in [2.24, 2.45) is 0 Å². The van der Waals surface area contributed by atoms with Gasteiger partial charge in [0.1, 0.15) is 5.69 Å². The maximum atomic E-state index is 11.2. The van der Waals surface area contributed by atoms with Gasteiger partial charge in [-0.05, 0) is 19.1 Å². The van der Waals surface area contributed by atoms with Gasteiger partial charge >= 0.3 is 0 Å². The zero-order chi connectivity index (χ0) is 14.5. The van der Waals surface area contributed by atoms with E-state index >= 15 is 0 Å². The van der Waals surface area contributed by atoms with Crippen LogP contribution in [0.4, 0.5) is 11.4 Å². The number of nitro groups is 1. The van der Waals surface area contributed by atoms with E-state index < -0.39 is 14.9 Å². The lowest BCUT2D eigenvalue weighted by molar-refractivity contribution is -0.383. The van der Waals surface area contributed by atoms with E-state index in [4.69, 9.17) is 11.6 Å². The summed E-state index contributed by atoms with van der Waals surface area (Å²) in [6.45, 7) is 1.91. The van der Waals surface area contributed by atoms with Gasteiger partial charge in [0.25, 0.3) is 5.69 Å². The van der Waals surface area contributed by atoms with E-state index in [1.54, 1.807) is 0 Å². The van der Waals surface area contributed by atoms with E-state index in [9.17, 15) is 18.5 Å². The molecule has 1 aromatic carbocycles. The summed E-state index contributed by atoms with van der Waals surface area (Å²) in [6, 6.07) is 4.24. The highest BCUT2D eigenvalue weighted by Crippen LogP contribution is 2.27. The molecule has 0 fully saturated rings. The number of hydrogen-bond donors (Lipinski definition) is 2. The van der Waals surface area contributed by atoms with Gasteiger partial charge < -0.3 is 5.32 Å². The molecule has 9 heteroatoms. The number of benzene rings is 1. The topological polar surface area (TPSA) is 101 Å². The predicted molar refractivity (Wildman–Crippen MR) is 74.1 cm³/mol. The highest BCUT2D eigenvalue weighted by atomic mass is 35.5. The van der Waals surface area contributed by atoms with Crippen LogP contribution in [0, 0.1) is 10.1 Å². The van der Waals surface area contributed by atoms with Gasteiger partial charge in [-0.25, -0.2) is 13.1 Å². The van der Waals surface area contributed by atoms with Gasteiger partial charge in [-0.15, -0.1) is 0 Å². The van der Waals surface area contributed by atoms with E-state index in [-0.39, 0.29) is 29.6 Å². The van der Waals surface area contributed by atoms with Crippen molar-refractivity contribution in [2.45, 2.75) is 6.92 Å². The molecule has 0 aliphatic heterocycles. The molecule has 0 atom stereocenters. The third-order valence-corrected chi connectivity index (χ3v) is 3.94. The molecule has 7 nitrogen and oxygen atoms in total. The van der Waals surface area contributed by atoms with Crippen LogP contribution in [0.3, 0.4) is 0 Å². The zero-order valence-corrected chi connectivity index (χ0v) is 11.8. The summed E-state index contributed by atoms with van der Waals surface area (Å²) in [7, 11) is -3.25. The molecule has 0 bridgehead atoms. The van der Waals surface area contributed by atoms with Crippen molar-refractivity contribution in [3.63, 3.8) is 0 Å². The number of nitrogens with zero attached hydrogens (tertiary/aromatic N) is 1. The third-order valence-electron chi connectivity index (χ3n) is 2.30. The van der Waals surface area contributed by atoms with Crippen molar-refractivity contribution in [3.8, 4) is 0 Å². The third kappa shape index (κ3) is 5.01. The first-order valence-corrected chi connectivity index (χ1v) is 7.54. The number of anilines is 1. The highest BCUT2D eigenvalue weighted by molar-refractivity contribution is 7.89. The second kappa shape index (κ2) is 6.69. The summed E-state index contributed by atoms with van der Waals surface area (Å²) in [4.78, 5) is 10.3. The van der Waals surface area contributed by atoms with Gasteiger partial charge in [0, 0.05) is 24.2 Å². The van der Waals surface area contributed by atoms with Crippen molar-refractivity contribution >= 4 is 33.0 Å². The minimum absolute atomic E-state index is 0.00586. The smallest absolute Gasteiger partial charge is 0.293 e. The Morgan fingerprint density at radius 2 is 2.05 bits per heavy atom. The number of sulfonamides is 1. The Morgan fingerprint density at radius 1 is 1.37 bits per heavy atom. The molecule has 0 aliphatic carbocycles. The average Bonchev–Trinajstić information content (AvgIpc) is 2.36. The molecule has 106 valence electrons. The fraction of sp³-hybridized carbons (Fsp3) is 0.400. The lowest BCUT2D eigenvalue weighted by Gasteiger charge is -2.08. The Hall–Kier alpha value is -1.38. The van der Waals surface area contributed by atoms with Crippen LogP contribution in [-0.2, 0) is 10.0 Å². The van der Waals surface area contributed by atoms with Crippen LogP contribution in [0.25, 0.3) is 0 Å². The minimum atomic E-state index is -3.25. The van der Waals surface area contributed by atoms with Crippen LogP contribution < -0.4 is 10.0 Å². The molecule has 0 saturated heterocycles. The molecular formula is C10H14ClN3O4S. The van der Waals surface area contributed by atoms with Crippen LogP contribution in [0.1, 0.15) is 6.92 Å². The first kappa shape index (κ1) is 15.7. The Morgan fingerprint density at radius 3 is 2.63 bits per heavy atom. The highest BCUT2D eigenvalue weighted by Gasteiger charge is 2.14.